The number of benzene rings is 2. The van der Waals surface area contributed by atoms with Crippen molar-refractivity contribution in [3.05, 3.63) is 65.0 Å². The van der Waals surface area contributed by atoms with E-state index >= 15 is 0 Å². The molecule has 0 radical (unpaired) electrons. The van der Waals surface area contributed by atoms with Gasteiger partial charge in [0, 0.05) is 6.54 Å². The molecule has 4 nitrogen and oxygen atoms in total. The van der Waals surface area contributed by atoms with E-state index in [0.29, 0.717) is 26.1 Å². The summed E-state index contributed by atoms with van der Waals surface area (Å²) in [5.74, 6) is 0.585. The number of aryl methyl sites for hydroxylation is 1. The summed E-state index contributed by atoms with van der Waals surface area (Å²) < 4.78 is 18.5. The first-order valence-corrected chi connectivity index (χ1v) is 8.01. The Morgan fingerprint density at radius 2 is 1.75 bits per heavy atom. The van der Waals surface area contributed by atoms with E-state index in [1.54, 1.807) is 12.1 Å². The van der Waals surface area contributed by atoms with Gasteiger partial charge in [0.2, 0.25) is 0 Å². The van der Waals surface area contributed by atoms with Crippen LogP contribution in [0.5, 0.6) is 5.75 Å². The molecule has 0 unspecified atom stereocenters. The van der Waals surface area contributed by atoms with Crippen molar-refractivity contribution in [2.24, 2.45) is 0 Å². The molecule has 0 aromatic heterocycles. The Balaban J connectivity index is 1.61. The van der Waals surface area contributed by atoms with Crippen LogP contribution < -0.4 is 15.4 Å². The van der Waals surface area contributed by atoms with Crippen LogP contribution in [0.25, 0.3) is 0 Å². The van der Waals surface area contributed by atoms with Crippen LogP contribution in [0.3, 0.4) is 0 Å². The Kier molecular flexibility index (Phi) is 6.61. The fourth-order valence-electron chi connectivity index (χ4n) is 2.24. The molecule has 5 heteroatoms. The number of amides is 2. The van der Waals surface area contributed by atoms with E-state index in [-0.39, 0.29) is 11.8 Å². The highest BCUT2D eigenvalue weighted by Crippen LogP contribution is 2.20. The van der Waals surface area contributed by atoms with Crippen LogP contribution in [0.4, 0.5) is 9.18 Å². The average Bonchev–Trinajstić information content (AvgIpc) is 2.57. The molecule has 0 saturated heterocycles. The van der Waals surface area contributed by atoms with E-state index in [2.05, 4.69) is 10.6 Å². The van der Waals surface area contributed by atoms with E-state index in [4.69, 9.17) is 4.74 Å². The van der Waals surface area contributed by atoms with Crippen molar-refractivity contribution in [1.82, 2.24) is 10.6 Å². The van der Waals surface area contributed by atoms with Gasteiger partial charge in [-0.25, -0.2) is 9.18 Å². The molecule has 0 aliphatic carbocycles. The summed E-state index contributed by atoms with van der Waals surface area (Å²) in [5, 5.41) is 5.51. The molecule has 0 aliphatic rings. The second kappa shape index (κ2) is 8.91. The number of halogens is 1. The van der Waals surface area contributed by atoms with Crippen LogP contribution in [-0.2, 0) is 6.42 Å². The van der Waals surface area contributed by atoms with Gasteiger partial charge in [0.05, 0.1) is 6.54 Å². The molecule has 0 spiro atoms. The number of hydrogen-bond acceptors (Lipinski definition) is 2. The summed E-state index contributed by atoms with van der Waals surface area (Å²) in [6.45, 7) is 5.38. The van der Waals surface area contributed by atoms with Gasteiger partial charge < -0.3 is 15.4 Å². The third-order valence-electron chi connectivity index (χ3n) is 3.81. The fraction of sp³-hybridized carbons (Fsp3) is 0.316. The number of rotatable bonds is 7. The minimum Gasteiger partial charge on any atom is -0.491 e. The fourth-order valence-corrected chi connectivity index (χ4v) is 2.24. The molecule has 0 saturated carbocycles. The largest absolute Gasteiger partial charge is 0.491 e. The second-order valence-corrected chi connectivity index (χ2v) is 5.61. The van der Waals surface area contributed by atoms with Crippen LogP contribution in [0.2, 0.25) is 0 Å². The summed E-state index contributed by atoms with van der Waals surface area (Å²) in [4.78, 5) is 11.7. The zero-order valence-corrected chi connectivity index (χ0v) is 14.1. The molecule has 2 amide bonds. The molecule has 2 rings (SSSR count). The molecule has 0 fully saturated rings. The van der Waals surface area contributed by atoms with Crippen LogP contribution >= 0.6 is 0 Å². The third-order valence-corrected chi connectivity index (χ3v) is 3.81. The van der Waals surface area contributed by atoms with E-state index in [1.807, 2.05) is 32.0 Å². The predicted molar refractivity (Wildman–Crippen MR) is 92.9 cm³/mol. The van der Waals surface area contributed by atoms with Gasteiger partial charge in [-0.3, -0.25) is 0 Å². The summed E-state index contributed by atoms with van der Waals surface area (Å²) in [5.41, 5.74) is 3.27. The van der Waals surface area contributed by atoms with E-state index in [0.717, 1.165) is 16.9 Å². The number of carbonyl (C=O) groups excluding carboxylic acids is 1. The maximum absolute atomic E-state index is 12.8. The molecule has 0 atom stereocenters. The van der Waals surface area contributed by atoms with Gasteiger partial charge in [-0.15, -0.1) is 0 Å². The Morgan fingerprint density at radius 1 is 1.04 bits per heavy atom. The van der Waals surface area contributed by atoms with E-state index in [9.17, 15) is 9.18 Å². The van der Waals surface area contributed by atoms with E-state index < -0.39 is 0 Å². The number of ether oxygens (including phenoxy) is 1. The highest BCUT2D eigenvalue weighted by molar-refractivity contribution is 5.73. The summed E-state index contributed by atoms with van der Waals surface area (Å²) in [6.07, 6.45) is 0.659. The van der Waals surface area contributed by atoms with Crippen LogP contribution in [0.15, 0.2) is 42.5 Å². The quantitative estimate of drug-likeness (QED) is 0.765. The Hall–Kier alpha value is -2.56. The first-order valence-electron chi connectivity index (χ1n) is 8.01. The predicted octanol–water partition coefficient (Wildman–Crippen LogP) is 3.36. The van der Waals surface area contributed by atoms with Gasteiger partial charge in [-0.05, 0) is 55.2 Å². The third kappa shape index (κ3) is 5.57. The van der Waals surface area contributed by atoms with Gasteiger partial charge in [-0.2, -0.15) is 0 Å². The van der Waals surface area contributed by atoms with Crippen molar-refractivity contribution in [3.63, 3.8) is 0 Å². The number of nitrogens with one attached hydrogen (secondary N) is 2. The molecule has 0 aliphatic heterocycles. The standard InChI is InChI=1S/C19H23FN2O2/c1-14-4-3-5-18(15(14)2)24-13-12-22-19(23)21-11-10-16-6-8-17(20)9-7-16/h3-9H,10-13H2,1-2H3,(H2,21,22,23). The van der Waals surface area contributed by atoms with Gasteiger partial charge in [-0.1, -0.05) is 24.3 Å². The van der Waals surface area contributed by atoms with Crippen molar-refractivity contribution >= 4 is 6.03 Å². The summed E-state index contributed by atoms with van der Waals surface area (Å²) in [7, 11) is 0. The molecular formula is C19H23FN2O2. The smallest absolute Gasteiger partial charge is 0.314 e. The summed E-state index contributed by atoms with van der Waals surface area (Å²) in [6, 6.07) is 11.9. The zero-order chi connectivity index (χ0) is 17.4. The lowest BCUT2D eigenvalue weighted by molar-refractivity contribution is 0.236. The number of hydrogen-bond donors (Lipinski definition) is 2. The Morgan fingerprint density at radius 3 is 2.50 bits per heavy atom. The SMILES string of the molecule is Cc1cccc(OCCNC(=O)NCCc2ccc(F)cc2)c1C. The average molecular weight is 330 g/mol. The minimum absolute atomic E-state index is 0.235. The van der Waals surface area contributed by atoms with E-state index in [1.165, 1.54) is 17.7 Å². The molecule has 0 heterocycles. The lowest BCUT2D eigenvalue weighted by Gasteiger charge is -2.12. The first-order chi connectivity index (χ1) is 11.6. The lowest BCUT2D eigenvalue weighted by atomic mass is 10.1. The van der Waals surface area contributed by atoms with Gasteiger partial charge in [0.25, 0.3) is 0 Å². The molecular weight excluding hydrogens is 307 g/mol. The van der Waals surface area contributed by atoms with Gasteiger partial charge in [0.15, 0.2) is 0 Å². The van der Waals surface area contributed by atoms with Crippen molar-refractivity contribution in [2.75, 3.05) is 19.7 Å². The van der Waals surface area contributed by atoms with Crippen molar-refractivity contribution in [2.45, 2.75) is 20.3 Å². The Labute approximate surface area is 142 Å². The first kappa shape index (κ1) is 17.8. The van der Waals surface area contributed by atoms with Crippen LogP contribution in [-0.4, -0.2) is 25.7 Å². The van der Waals surface area contributed by atoms with Gasteiger partial charge >= 0.3 is 6.03 Å². The zero-order valence-electron chi connectivity index (χ0n) is 14.1. The maximum atomic E-state index is 12.8. The number of urea groups is 1. The van der Waals surface area contributed by atoms with Crippen molar-refractivity contribution < 1.29 is 13.9 Å². The highest BCUT2D eigenvalue weighted by atomic mass is 19.1. The minimum atomic E-state index is -0.256. The maximum Gasteiger partial charge on any atom is 0.314 e. The lowest BCUT2D eigenvalue weighted by Crippen LogP contribution is -2.38. The monoisotopic (exact) mass is 330 g/mol. The van der Waals surface area contributed by atoms with Crippen molar-refractivity contribution in [1.29, 1.82) is 0 Å². The summed E-state index contributed by atoms with van der Waals surface area (Å²) >= 11 is 0. The van der Waals surface area contributed by atoms with Crippen LogP contribution in [0, 0.1) is 19.7 Å². The van der Waals surface area contributed by atoms with Gasteiger partial charge in [0.1, 0.15) is 18.2 Å². The molecule has 128 valence electrons. The molecule has 2 N–H and O–H groups in total. The normalized spacial score (nSPS) is 10.3. The molecule has 0 bridgehead atoms. The number of carbonyl (C=O) groups is 1. The van der Waals surface area contributed by atoms with Crippen LogP contribution in [0.1, 0.15) is 16.7 Å². The topological polar surface area (TPSA) is 50.4 Å². The highest BCUT2D eigenvalue weighted by Gasteiger charge is 2.03. The molecule has 2 aromatic carbocycles. The Bertz CT molecular complexity index is 672. The second-order valence-electron chi connectivity index (χ2n) is 5.61. The molecule has 2 aromatic rings. The molecule has 24 heavy (non-hydrogen) atoms. The van der Waals surface area contributed by atoms with Crippen molar-refractivity contribution in [3.8, 4) is 5.75 Å².